The van der Waals surface area contributed by atoms with Gasteiger partial charge >= 0.3 is 5.69 Å². The molecule has 0 spiro atoms. The van der Waals surface area contributed by atoms with Gasteiger partial charge in [-0.3, -0.25) is 9.13 Å². The van der Waals surface area contributed by atoms with E-state index < -0.39 is 0 Å². The SMILES string of the molecule is Cn1c(=O)n(C)c2cc(-c3ccc(-c4cc(-c5ccc6c(c5)C(C)(c5ccccc5)c5ccccc5-6)nc(-c5ccccc5)n4)cc3)ccc21. The number of aromatic nitrogens is 4. The smallest absolute Gasteiger partial charge is 0.295 e. The molecule has 9 rings (SSSR count). The number of benzene rings is 6. The van der Waals surface area contributed by atoms with Gasteiger partial charge in [0, 0.05) is 36.2 Å². The maximum absolute atomic E-state index is 12.5. The maximum Gasteiger partial charge on any atom is 0.328 e. The van der Waals surface area contributed by atoms with Gasteiger partial charge in [-0.2, -0.15) is 0 Å². The van der Waals surface area contributed by atoms with Crippen LogP contribution in [-0.2, 0) is 19.5 Å². The molecule has 0 bridgehead atoms. The van der Waals surface area contributed by atoms with Gasteiger partial charge in [0.05, 0.1) is 22.4 Å². The lowest BCUT2D eigenvalue weighted by molar-refractivity contribution is 0.714. The Morgan fingerprint density at radius 3 is 1.82 bits per heavy atom. The Morgan fingerprint density at radius 2 is 1.06 bits per heavy atom. The molecule has 0 aliphatic heterocycles. The first-order chi connectivity index (χ1) is 24.4. The van der Waals surface area contributed by atoms with E-state index in [1.54, 1.807) is 9.13 Å². The number of hydrogen-bond donors (Lipinski definition) is 0. The van der Waals surface area contributed by atoms with Crippen LogP contribution in [0, 0.1) is 0 Å². The van der Waals surface area contributed by atoms with Gasteiger partial charge in [0.15, 0.2) is 5.82 Å². The van der Waals surface area contributed by atoms with Crippen molar-refractivity contribution in [1.82, 2.24) is 19.1 Å². The molecule has 1 aliphatic rings. The molecule has 6 aromatic carbocycles. The lowest BCUT2D eigenvalue weighted by Crippen LogP contribution is -2.22. The molecule has 1 unspecified atom stereocenters. The van der Waals surface area contributed by atoms with Crippen LogP contribution in [0.25, 0.3) is 67.2 Å². The van der Waals surface area contributed by atoms with Gasteiger partial charge in [-0.05, 0) is 70.1 Å². The summed E-state index contributed by atoms with van der Waals surface area (Å²) in [5, 5.41) is 0. The number of rotatable bonds is 5. The predicted molar refractivity (Wildman–Crippen MR) is 203 cm³/mol. The Hall–Kier alpha value is -6.33. The molecule has 0 fully saturated rings. The first-order valence-electron chi connectivity index (χ1n) is 16.9. The van der Waals surface area contributed by atoms with Crippen LogP contribution in [0.2, 0.25) is 0 Å². The van der Waals surface area contributed by atoms with Crippen molar-refractivity contribution in [3.63, 3.8) is 0 Å². The fraction of sp³-hybridized carbons (Fsp3) is 0.0889. The molecule has 50 heavy (non-hydrogen) atoms. The van der Waals surface area contributed by atoms with Gasteiger partial charge < -0.3 is 0 Å². The molecule has 2 aromatic heterocycles. The zero-order chi connectivity index (χ0) is 34.0. The molecule has 5 heteroatoms. The second kappa shape index (κ2) is 11.4. The zero-order valence-corrected chi connectivity index (χ0v) is 28.1. The third-order valence-electron chi connectivity index (χ3n) is 10.5. The Morgan fingerprint density at radius 1 is 0.480 bits per heavy atom. The molecule has 5 nitrogen and oxygen atoms in total. The first-order valence-corrected chi connectivity index (χ1v) is 16.9. The highest BCUT2D eigenvalue weighted by molar-refractivity contribution is 5.86. The number of aryl methyl sites for hydroxylation is 2. The molecule has 2 heterocycles. The molecule has 240 valence electrons. The van der Waals surface area contributed by atoms with Crippen molar-refractivity contribution in [2.24, 2.45) is 14.1 Å². The molecular formula is C45H34N4O. The van der Waals surface area contributed by atoms with Crippen molar-refractivity contribution in [3.05, 3.63) is 179 Å². The van der Waals surface area contributed by atoms with Crippen molar-refractivity contribution < 1.29 is 0 Å². The summed E-state index contributed by atoms with van der Waals surface area (Å²) in [6.07, 6.45) is 0. The lowest BCUT2D eigenvalue weighted by Gasteiger charge is -2.28. The van der Waals surface area contributed by atoms with Crippen LogP contribution in [0.1, 0.15) is 23.6 Å². The normalized spacial score (nSPS) is 14.9. The Kier molecular flexibility index (Phi) is 6.78. The largest absolute Gasteiger partial charge is 0.328 e. The third kappa shape index (κ3) is 4.58. The molecular weight excluding hydrogens is 613 g/mol. The molecule has 0 radical (unpaired) electrons. The van der Waals surface area contributed by atoms with Crippen LogP contribution in [0.5, 0.6) is 0 Å². The van der Waals surface area contributed by atoms with Crippen molar-refractivity contribution >= 4 is 11.0 Å². The quantitative estimate of drug-likeness (QED) is 0.187. The van der Waals surface area contributed by atoms with E-state index in [9.17, 15) is 4.79 Å². The minimum absolute atomic E-state index is 0.0288. The molecule has 0 amide bonds. The first kappa shape index (κ1) is 29.8. The summed E-state index contributed by atoms with van der Waals surface area (Å²) in [7, 11) is 3.62. The summed E-state index contributed by atoms with van der Waals surface area (Å²) in [4.78, 5) is 22.8. The van der Waals surface area contributed by atoms with Gasteiger partial charge in [-0.1, -0.05) is 127 Å². The van der Waals surface area contributed by atoms with Crippen LogP contribution < -0.4 is 5.69 Å². The van der Waals surface area contributed by atoms with E-state index in [0.29, 0.717) is 5.82 Å². The van der Waals surface area contributed by atoms with Gasteiger partial charge in [0.2, 0.25) is 0 Å². The maximum atomic E-state index is 12.5. The summed E-state index contributed by atoms with van der Waals surface area (Å²) >= 11 is 0. The van der Waals surface area contributed by atoms with Crippen LogP contribution >= 0.6 is 0 Å². The predicted octanol–water partition coefficient (Wildman–Crippen LogP) is 9.67. The Balaban J connectivity index is 1.16. The van der Waals surface area contributed by atoms with Crippen LogP contribution in [0.4, 0.5) is 0 Å². The second-order valence-electron chi connectivity index (χ2n) is 13.3. The third-order valence-corrected chi connectivity index (χ3v) is 10.5. The number of hydrogen-bond acceptors (Lipinski definition) is 3. The van der Waals surface area contributed by atoms with Crippen molar-refractivity contribution in [1.29, 1.82) is 0 Å². The van der Waals surface area contributed by atoms with Crippen LogP contribution in [0.3, 0.4) is 0 Å². The monoisotopic (exact) mass is 646 g/mol. The highest BCUT2D eigenvalue weighted by Gasteiger charge is 2.40. The molecule has 0 N–H and O–H groups in total. The summed E-state index contributed by atoms with van der Waals surface area (Å²) in [6.45, 7) is 2.34. The molecule has 0 saturated heterocycles. The molecule has 1 aliphatic carbocycles. The van der Waals surface area contributed by atoms with Crippen molar-refractivity contribution in [2.45, 2.75) is 12.3 Å². The van der Waals surface area contributed by atoms with Gasteiger partial charge in [-0.15, -0.1) is 0 Å². The highest BCUT2D eigenvalue weighted by atomic mass is 16.1. The van der Waals surface area contributed by atoms with E-state index in [4.69, 9.17) is 9.97 Å². The Bertz CT molecular complexity index is 2640. The van der Waals surface area contributed by atoms with E-state index in [1.807, 2.05) is 38.4 Å². The average Bonchev–Trinajstić information content (AvgIpc) is 3.57. The van der Waals surface area contributed by atoms with Crippen molar-refractivity contribution in [3.8, 4) is 56.2 Å². The summed E-state index contributed by atoms with van der Waals surface area (Å²) in [6, 6.07) is 53.3. The minimum Gasteiger partial charge on any atom is -0.295 e. The zero-order valence-electron chi connectivity index (χ0n) is 28.1. The lowest BCUT2D eigenvalue weighted by atomic mass is 9.74. The van der Waals surface area contributed by atoms with Crippen molar-refractivity contribution in [2.75, 3.05) is 0 Å². The van der Waals surface area contributed by atoms with Gasteiger partial charge in [0.1, 0.15) is 0 Å². The molecule has 1 atom stereocenters. The fourth-order valence-corrected chi connectivity index (χ4v) is 7.71. The summed E-state index contributed by atoms with van der Waals surface area (Å²) in [5.74, 6) is 0.687. The number of nitrogens with zero attached hydrogens (tertiary/aromatic N) is 4. The summed E-state index contributed by atoms with van der Waals surface area (Å²) < 4.78 is 3.38. The Labute approximate surface area is 290 Å². The standard InChI is InChI=1S/C45H34N4O/c1-45(34-14-8-5-9-15-34)37-17-11-10-16-35(37)36-24-22-33(26-38(36)45)40-28-39(46-43(47-40)31-12-6-4-7-13-31)30-20-18-29(19-21-30)32-23-25-41-42(27-32)49(3)44(50)48(41)2/h4-28H,1-3H3. The van der Waals surface area contributed by atoms with E-state index in [2.05, 4.69) is 134 Å². The van der Waals surface area contributed by atoms with Crippen LogP contribution in [-0.4, -0.2) is 19.1 Å². The van der Waals surface area contributed by atoms with E-state index >= 15 is 0 Å². The van der Waals surface area contributed by atoms with Crippen LogP contribution in [0.15, 0.2) is 156 Å². The van der Waals surface area contributed by atoms with E-state index in [0.717, 1.165) is 50.2 Å². The second-order valence-corrected chi connectivity index (χ2v) is 13.3. The highest BCUT2D eigenvalue weighted by Crippen LogP contribution is 2.53. The molecule has 8 aromatic rings. The molecule has 0 saturated carbocycles. The summed E-state index contributed by atoms with van der Waals surface area (Å²) in [5.41, 5.74) is 14.8. The van der Waals surface area contributed by atoms with E-state index in [-0.39, 0.29) is 11.1 Å². The van der Waals surface area contributed by atoms with E-state index in [1.165, 1.54) is 27.8 Å². The van der Waals surface area contributed by atoms with Gasteiger partial charge in [-0.25, -0.2) is 14.8 Å². The number of fused-ring (bicyclic) bond motifs is 4. The topological polar surface area (TPSA) is 52.7 Å². The fourth-order valence-electron chi connectivity index (χ4n) is 7.71. The number of imidazole rings is 1. The van der Waals surface area contributed by atoms with Gasteiger partial charge in [0.25, 0.3) is 0 Å². The average molecular weight is 647 g/mol. The minimum atomic E-state index is -0.299.